The highest BCUT2D eigenvalue weighted by atomic mass is 16.2. The lowest BCUT2D eigenvalue weighted by atomic mass is 9.85. The third kappa shape index (κ3) is 1.91. The fourth-order valence-corrected chi connectivity index (χ4v) is 3.09. The molecule has 2 rings (SSSR count). The molecule has 1 aliphatic carbocycles. The summed E-state index contributed by atoms with van der Waals surface area (Å²) in [6.07, 6.45) is 4.43. The molecule has 0 spiro atoms. The van der Waals surface area contributed by atoms with E-state index in [0.29, 0.717) is 25.3 Å². The van der Waals surface area contributed by atoms with Crippen molar-refractivity contribution in [1.82, 2.24) is 10.2 Å². The summed E-state index contributed by atoms with van der Waals surface area (Å²) in [6.45, 7) is 6.74. The zero-order valence-electron chi connectivity index (χ0n) is 11.7. The Kier molecular flexibility index (Phi) is 3.64. The molecule has 102 valence electrons. The van der Waals surface area contributed by atoms with E-state index in [9.17, 15) is 9.59 Å². The number of piperazine rings is 1. The maximum Gasteiger partial charge on any atom is 0.246 e. The van der Waals surface area contributed by atoms with Crippen LogP contribution in [0.4, 0.5) is 0 Å². The van der Waals surface area contributed by atoms with Crippen molar-refractivity contribution in [2.45, 2.75) is 64.5 Å². The second-order valence-corrected chi connectivity index (χ2v) is 5.52. The molecule has 18 heavy (non-hydrogen) atoms. The lowest BCUT2D eigenvalue weighted by molar-refractivity contribution is -0.159. The first-order chi connectivity index (χ1) is 8.60. The average Bonchev–Trinajstić information content (AvgIpc) is 3.19. The van der Waals surface area contributed by atoms with Gasteiger partial charge in [-0.15, -0.1) is 0 Å². The molecule has 1 aliphatic heterocycles. The highest BCUT2D eigenvalue weighted by Crippen LogP contribution is 2.38. The van der Waals surface area contributed by atoms with Crippen LogP contribution >= 0.6 is 0 Å². The summed E-state index contributed by atoms with van der Waals surface area (Å²) < 4.78 is 0. The van der Waals surface area contributed by atoms with Crippen molar-refractivity contribution < 1.29 is 9.59 Å². The molecule has 4 heteroatoms. The predicted molar refractivity (Wildman–Crippen MR) is 70.0 cm³/mol. The number of nitrogens with zero attached hydrogens (tertiary/aromatic N) is 1. The van der Waals surface area contributed by atoms with Crippen LogP contribution in [0.25, 0.3) is 0 Å². The zero-order chi connectivity index (χ0) is 13.3. The molecule has 1 saturated heterocycles. The summed E-state index contributed by atoms with van der Waals surface area (Å²) in [5.41, 5.74) is -0.613. The predicted octanol–water partition coefficient (Wildman–Crippen LogP) is 1.69. The summed E-state index contributed by atoms with van der Waals surface area (Å²) >= 11 is 0. The van der Waals surface area contributed by atoms with Crippen LogP contribution in [0.2, 0.25) is 0 Å². The van der Waals surface area contributed by atoms with Gasteiger partial charge in [-0.1, -0.05) is 20.8 Å². The second-order valence-electron chi connectivity index (χ2n) is 5.52. The largest absolute Gasteiger partial charge is 0.342 e. The van der Waals surface area contributed by atoms with Crippen molar-refractivity contribution in [2.75, 3.05) is 6.54 Å². The monoisotopic (exact) mass is 252 g/mol. The smallest absolute Gasteiger partial charge is 0.246 e. The van der Waals surface area contributed by atoms with Gasteiger partial charge in [0.1, 0.15) is 11.6 Å². The summed E-state index contributed by atoms with van der Waals surface area (Å²) in [6, 6.07) is -0.254. The van der Waals surface area contributed by atoms with Crippen molar-refractivity contribution in [3.8, 4) is 0 Å². The number of rotatable bonds is 5. The molecular weight excluding hydrogens is 228 g/mol. The first-order valence-electron chi connectivity index (χ1n) is 7.23. The van der Waals surface area contributed by atoms with Gasteiger partial charge in [0.2, 0.25) is 11.8 Å². The number of carbonyl (C=O) groups excluding carboxylic acids is 2. The molecule has 2 aliphatic rings. The van der Waals surface area contributed by atoms with Crippen LogP contribution in [0.15, 0.2) is 0 Å². The number of hydrogen-bond donors (Lipinski definition) is 1. The van der Waals surface area contributed by atoms with E-state index >= 15 is 0 Å². The Morgan fingerprint density at radius 2 is 1.83 bits per heavy atom. The van der Waals surface area contributed by atoms with Gasteiger partial charge in [-0.25, -0.2) is 0 Å². The molecule has 2 amide bonds. The Bertz CT molecular complexity index is 346. The molecule has 0 aromatic carbocycles. The first-order valence-corrected chi connectivity index (χ1v) is 7.23. The minimum atomic E-state index is -0.613. The Morgan fingerprint density at radius 1 is 1.22 bits per heavy atom. The van der Waals surface area contributed by atoms with Crippen LogP contribution in [-0.2, 0) is 9.59 Å². The van der Waals surface area contributed by atoms with Crippen LogP contribution in [0, 0.1) is 5.92 Å². The highest BCUT2D eigenvalue weighted by molar-refractivity contribution is 6.00. The second kappa shape index (κ2) is 4.90. The SMILES string of the molecule is CCCN1C(=O)C(C2CC2)NC(=O)C1(CC)CC. The van der Waals surface area contributed by atoms with E-state index in [1.54, 1.807) is 0 Å². The quantitative estimate of drug-likeness (QED) is 0.809. The maximum atomic E-state index is 12.6. The fraction of sp³-hybridized carbons (Fsp3) is 0.857. The number of amides is 2. The number of carbonyl (C=O) groups is 2. The molecule has 1 saturated carbocycles. The third-order valence-electron chi connectivity index (χ3n) is 4.47. The summed E-state index contributed by atoms with van der Waals surface area (Å²) in [4.78, 5) is 26.9. The summed E-state index contributed by atoms with van der Waals surface area (Å²) in [7, 11) is 0. The van der Waals surface area contributed by atoms with E-state index < -0.39 is 5.54 Å². The standard InChI is InChI=1S/C14H24N2O2/c1-4-9-16-12(17)11(10-7-8-10)15-13(18)14(16,5-2)6-3/h10-11H,4-9H2,1-3H3,(H,15,18). The van der Waals surface area contributed by atoms with Gasteiger partial charge in [0, 0.05) is 6.54 Å². The first kappa shape index (κ1) is 13.4. The van der Waals surface area contributed by atoms with E-state index in [-0.39, 0.29) is 17.9 Å². The third-order valence-corrected chi connectivity index (χ3v) is 4.47. The molecule has 4 nitrogen and oxygen atoms in total. The Labute approximate surface area is 109 Å². The van der Waals surface area contributed by atoms with Crippen molar-refractivity contribution >= 4 is 11.8 Å². The van der Waals surface area contributed by atoms with Gasteiger partial charge in [0.05, 0.1) is 0 Å². The minimum Gasteiger partial charge on any atom is -0.342 e. The van der Waals surface area contributed by atoms with Crippen molar-refractivity contribution in [2.24, 2.45) is 5.92 Å². The molecule has 0 aromatic rings. The molecule has 1 atom stereocenters. The van der Waals surface area contributed by atoms with Crippen LogP contribution in [0.5, 0.6) is 0 Å². The lowest BCUT2D eigenvalue weighted by Crippen LogP contribution is -2.70. The average molecular weight is 252 g/mol. The Balaban J connectivity index is 2.29. The zero-order valence-corrected chi connectivity index (χ0v) is 11.7. The van der Waals surface area contributed by atoms with Crippen LogP contribution in [0.3, 0.4) is 0 Å². The van der Waals surface area contributed by atoms with E-state index in [2.05, 4.69) is 12.2 Å². The van der Waals surface area contributed by atoms with Gasteiger partial charge < -0.3 is 10.2 Å². The van der Waals surface area contributed by atoms with E-state index in [4.69, 9.17) is 0 Å². The number of hydrogen-bond acceptors (Lipinski definition) is 2. The summed E-state index contributed by atoms with van der Waals surface area (Å²) in [5, 5.41) is 2.98. The molecule has 1 N–H and O–H groups in total. The van der Waals surface area contributed by atoms with E-state index in [0.717, 1.165) is 19.3 Å². The topological polar surface area (TPSA) is 49.4 Å². The lowest BCUT2D eigenvalue weighted by Gasteiger charge is -2.47. The van der Waals surface area contributed by atoms with Gasteiger partial charge in [-0.05, 0) is 38.0 Å². The van der Waals surface area contributed by atoms with Gasteiger partial charge in [-0.2, -0.15) is 0 Å². The van der Waals surface area contributed by atoms with Gasteiger partial charge >= 0.3 is 0 Å². The molecule has 0 bridgehead atoms. The van der Waals surface area contributed by atoms with Crippen LogP contribution in [0.1, 0.15) is 52.9 Å². The Morgan fingerprint density at radius 3 is 2.28 bits per heavy atom. The molecule has 1 heterocycles. The minimum absolute atomic E-state index is 0.0532. The van der Waals surface area contributed by atoms with Crippen molar-refractivity contribution in [3.63, 3.8) is 0 Å². The molecule has 1 unspecified atom stereocenters. The molecule has 0 radical (unpaired) electrons. The highest BCUT2D eigenvalue weighted by Gasteiger charge is 2.53. The van der Waals surface area contributed by atoms with Gasteiger partial charge in [-0.3, -0.25) is 9.59 Å². The van der Waals surface area contributed by atoms with Crippen molar-refractivity contribution in [1.29, 1.82) is 0 Å². The fourth-order valence-electron chi connectivity index (χ4n) is 3.09. The molecule has 2 fully saturated rings. The van der Waals surface area contributed by atoms with Crippen LogP contribution in [-0.4, -0.2) is 34.8 Å². The van der Waals surface area contributed by atoms with E-state index in [1.165, 1.54) is 0 Å². The molecular formula is C14H24N2O2. The Hall–Kier alpha value is -1.06. The van der Waals surface area contributed by atoms with E-state index in [1.807, 2.05) is 18.7 Å². The van der Waals surface area contributed by atoms with Crippen LogP contribution < -0.4 is 5.32 Å². The van der Waals surface area contributed by atoms with Gasteiger partial charge in [0.25, 0.3) is 0 Å². The maximum absolute atomic E-state index is 12.6. The van der Waals surface area contributed by atoms with Crippen molar-refractivity contribution in [3.05, 3.63) is 0 Å². The van der Waals surface area contributed by atoms with Gasteiger partial charge in [0.15, 0.2) is 0 Å². The summed E-state index contributed by atoms with van der Waals surface area (Å²) in [5.74, 6) is 0.576. The normalized spacial score (nSPS) is 27.3. The molecule has 0 aromatic heterocycles. The number of nitrogens with one attached hydrogen (secondary N) is 1.